The summed E-state index contributed by atoms with van der Waals surface area (Å²) in [5, 5.41) is 9.24. The maximum atomic E-state index is 13.3. The van der Waals surface area contributed by atoms with Crippen molar-refractivity contribution in [3.05, 3.63) is 48.0 Å². The highest BCUT2D eigenvalue weighted by Crippen LogP contribution is 2.23. The third-order valence-electron chi connectivity index (χ3n) is 2.23. The Kier molecular flexibility index (Phi) is 2.37. The predicted molar refractivity (Wildman–Crippen MR) is 56.0 cm³/mol. The van der Waals surface area contributed by atoms with Gasteiger partial charge in [-0.25, -0.2) is 4.39 Å². The van der Waals surface area contributed by atoms with Gasteiger partial charge >= 0.3 is 0 Å². The first-order chi connectivity index (χ1) is 7.16. The summed E-state index contributed by atoms with van der Waals surface area (Å²) in [6.45, 7) is 1.71. The minimum absolute atomic E-state index is 0.0773. The lowest BCUT2D eigenvalue weighted by molar-refractivity contribution is 0.473. The zero-order valence-corrected chi connectivity index (χ0v) is 8.24. The Labute approximate surface area is 87.0 Å². The fourth-order valence-electron chi connectivity index (χ4n) is 1.36. The Bertz CT molecular complexity index is 497. The number of benzene rings is 1. The second-order valence-electron chi connectivity index (χ2n) is 3.40. The fourth-order valence-corrected chi connectivity index (χ4v) is 1.36. The molecule has 2 nitrogen and oxygen atoms in total. The maximum Gasteiger partial charge on any atom is 0.134 e. The molecule has 0 spiro atoms. The minimum Gasteiger partial charge on any atom is -0.506 e. The number of aryl methyl sites for hydroxylation is 1. The highest BCUT2D eigenvalue weighted by molar-refractivity contribution is 5.64. The number of hydrogen-bond acceptors (Lipinski definition) is 2. The van der Waals surface area contributed by atoms with Crippen molar-refractivity contribution in [2.24, 2.45) is 0 Å². The van der Waals surface area contributed by atoms with Gasteiger partial charge in [0.05, 0.1) is 6.20 Å². The summed E-state index contributed by atoms with van der Waals surface area (Å²) >= 11 is 0. The van der Waals surface area contributed by atoms with Gasteiger partial charge in [0.25, 0.3) is 0 Å². The van der Waals surface area contributed by atoms with Gasteiger partial charge in [0.15, 0.2) is 0 Å². The molecule has 1 aromatic heterocycles. The van der Waals surface area contributed by atoms with E-state index in [1.807, 2.05) is 0 Å². The minimum atomic E-state index is -0.254. The molecule has 1 N–H and O–H groups in total. The van der Waals surface area contributed by atoms with Crippen LogP contribution in [0.15, 0.2) is 36.7 Å². The number of hydrogen-bond donors (Lipinski definition) is 1. The maximum absolute atomic E-state index is 13.3. The first-order valence-corrected chi connectivity index (χ1v) is 4.57. The van der Waals surface area contributed by atoms with Crippen molar-refractivity contribution >= 4 is 0 Å². The Morgan fingerprint density at radius 2 is 1.93 bits per heavy atom. The summed E-state index contributed by atoms with van der Waals surface area (Å²) < 4.78 is 13.3. The molecule has 0 saturated carbocycles. The second-order valence-corrected chi connectivity index (χ2v) is 3.40. The lowest BCUT2D eigenvalue weighted by Crippen LogP contribution is -1.85. The van der Waals surface area contributed by atoms with Crippen molar-refractivity contribution < 1.29 is 9.50 Å². The zero-order chi connectivity index (χ0) is 10.8. The van der Waals surface area contributed by atoms with Crippen molar-refractivity contribution in [1.29, 1.82) is 0 Å². The van der Waals surface area contributed by atoms with Crippen molar-refractivity contribution in [3.8, 4) is 16.9 Å². The Balaban J connectivity index is 2.50. The largest absolute Gasteiger partial charge is 0.506 e. The van der Waals surface area contributed by atoms with Gasteiger partial charge in [-0.05, 0) is 30.2 Å². The SMILES string of the molecule is Cc1ccc(-c2cncc(O)c2)cc1F. The van der Waals surface area contributed by atoms with E-state index in [1.54, 1.807) is 31.3 Å². The monoisotopic (exact) mass is 203 g/mol. The van der Waals surface area contributed by atoms with Crippen LogP contribution in [0.2, 0.25) is 0 Å². The van der Waals surface area contributed by atoms with Crippen LogP contribution in [0.4, 0.5) is 4.39 Å². The van der Waals surface area contributed by atoms with Gasteiger partial charge in [0.1, 0.15) is 11.6 Å². The summed E-state index contributed by atoms with van der Waals surface area (Å²) in [4.78, 5) is 3.84. The molecule has 0 amide bonds. The Hall–Kier alpha value is -1.90. The molecular weight excluding hydrogens is 193 g/mol. The third kappa shape index (κ3) is 1.96. The molecule has 0 unspecified atom stereocenters. The molecule has 0 aliphatic rings. The van der Waals surface area contributed by atoms with Crippen LogP contribution in [0.3, 0.4) is 0 Å². The van der Waals surface area contributed by atoms with Gasteiger partial charge in [0, 0.05) is 11.8 Å². The molecule has 0 saturated heterocycles. The molecule has 0 aliphatic heterocycles. The summed E-state index contributed by atoms with van der Waals surface area (Å²) in [6.07, 6.45) is 2.93. The average Bonchev–Trinajstić information content (AvgIpc) is 2.22. The van der Waals surface area contributed by atoms with Gasteiger partial charge in [0.2, 0.25) is 0 Å². The quantitative estimate of drug-likeness (QED) is 0.773. The molecule has 0 radical (unpaired) electrons. The van der Waals surface area contributed by atoms with Gasteiger partial charge in [-0.3, -0.25) is 4.98 Å². The second kappa shape index (κ2) is 3.69. The molecule has 0 aliphatic carbocycles. The van der Waals surface area contributed by atoms with Crippen LogP contribution in [-0.4, -0.2) is 10.1 Å². The molecule has 2 rings (SSSR count). The average molecular weight is 203 g/mol. The van der Waals surface area contributed by atoms with E-state index < -0.39 is 0 Å². The van der Waals surface area contributed by atoms with E-state index in [-0.39, 0.29) is 11.6 Å². The highest BCUT2D eigenvalue weighted by Gasteiger charge is 2.02. The van der Waals surface area contributed by atoms with Crippen LogP contribution in [0, 0.1) is 12.7 Å². The van der Waals surface area contributed by atoms with Crippen molar-refractivity contribution in [1.82, 2.24) is 4.98 Å². The number of pyridine rings is 1. The van der Waals surface area contributed by atoms with Crippen molar-refractivity contribution in [2.75, 3.05) is 0 Å². The van der Waals surface area contributed by atoms with Crippen molar-refractivity contribution in [2.45, 2.75) is 6.92 Å². The molecule has 1 heterocycles. The van der Waals surface area contributed by atoms with E-state index in [0.29, 0.717) is 16.7 Å². The highest BCUT2D eigenvalue weighted by atomic mass is 19.1. The standard InChI is InChI=1S/C12H10FNO/c1-8-2-3-9(5-12(8)13)10-4-11(15)7-14-6-10/h2-7,15H,1H3. The summed E-state index contributed by atoms with van der Waals surface area (Å²) in [5.41, 5.74) is 2.02. The van der Waals surface area contributed by atoms with E-state index in [9.17, 15) is 9.50 Å². The van der Waals surface area contributed by atoms with Crippen LogP contribution in [0.5, 0.6) is 5.75 Å². The molecule has 1 aromatic carbocycles. The topological polar surface area (TPSA) is 33.1 Å². The van der Waals surface area contributed by atoms with Crippen LogP contribution in [0.1, 0.15) is 5.56 Å². The van der Waals surface area contributed by atoms with E-state index in [1.165, 1.54) is 12.3 Å². The van der Waals surface area contributed by atoms with Crippen LogP contribution in [0.25, 0.3) is 11.1 Å². The van der Waals surface area contributed by atoms with E-state index in [2.05, 4.69) is 4.98 Å². The lowest BCUT2D eigenvalue weighted by atomic mass is 10.1. The number of halogens is 1. The lowest BCUT2D eigenvalue weighted by Gasteiger charge is -2.03. The summed E-state index contributed by atoms with van der Waals surface area (Å²) in [6, 6.07) is 6.49. The molecule has 76 valence electrons. The number of aromatic nitrogens is 1. The number of aromatic hydroxyl groups is 1. The molecule has 0 fully saturated rings. The number of rotatable bonds is 1. The first-order valence-electron chi connectivity index (χ1n) is 4.57. The van der Waals surface area contributed by atoms with Crippen LogP contribution in [-0.2, 0) is 0 Å². The van der Waals surface area contributed by atoms with Gasteiger partial charge < -0.3 is 5.11 Å². The van der Waals surface area contributed by atoms with Gasteiger partial charge in [-0.15, -0.1) is 0 Å². The predicted octanol–water partition coefficient (Wildman–Crippen LogP) is 2.90. The van der Waals surface area contributed by atoms with E-state index in [4.69, 9.17) is 0 Å². The van der Waals surface area contributed by atoms with Crippen LogP contribution < -0.4 is 0 Å². The molecule has 3 heteroatoms. The van der Waals surface area contributed by atoms with Crippen LogP contribution >= 0.6 is 0 Å². The van der Waals surface area contributed by atoms with E-state index in [0.717, 1.165) is 0 Å². The Morgan fingerprint density at radius 1 is 1.13 bits per heavy atom. The van der Waals surface area contributed by atoms with Gasteiger partial charge in [-0.2, -0.15) is 0 Å². The molecule has 15 heavy (non-hydrogen) atoms. The third-order valence-corrected chi connectivity index (χ3v) is 2.23. The molecular formula is C12H10FNO. The first kappa shape index (κ1) is 9.65. The fraction of sp³-hybridized carbons (Fsp3) is 0.0833. The van der Waals surface area contributed by atoms with Gasteiger partial charge in [-0.1, -0.05) is 12.1 Å². The molecule has 2 aromatic rings. The zero-order valence-electron chi connectivity index (χ0n) is 8.24. The Morgan fingerprint density at radius 3 is 2.60 bits per heavy atom. The summed E-state index contributed by atoms with van der Waals surface area (Å²) in [5.74, 6) is -0.177. The molecule has 0 atom stereocenters. The van der Waals surface area contributed by atoms with Crippen molar-refractivity contribution in [3.63, 3.8) is 0 Å². The smallest absolute Gasteiger partial charge is 0.134 e. The number of nitrogens with zero attached hydrogens (tertiary/aromatic N) is 1. The molecule has 0 bridgehead atoms. The van der Waals surface area contributed by atoms with E-state index >= 15 is 0 Å². The normalized spacial score (nSPS) is 10.3. The summed E-state index contributed by atoms with van der Waals surface area (Å²) in [7, 11) is 0.